The smallest absolute Gasteiger partial charge is 0.273 e. The fourth-order valence-electron chi connectivity index (χ4n) is 1.91. The molecule has 0 aliphatic carbocycles. The maximum absolute atomic E-state index is 12.2. The number of hydrogen-bond donors (Lipinski definition) is 2. The van der Waals surface area contributed by atoms with Crippen molar-refractivity contribution in [3.05, 3.63) is 17.9 Å². The average Bonchev–Trinajstić information content (AvgIpc) is 2.96. The van der Waals surface area contributed by atoms with E-state index in [0.717, 1.165) is 30.2 Å². The predicted molar refractivity (Wildman–Crippen MR) is 89.5 cm³/mol. The van der Waals surface area contributed by atoms with Crippen LogP contribution in [0.25, 0.3) is 0 Å². The van der Waals surface area contributed by atoms with Gasteiger partial charge in [-0.1, -0.05) is 6.92 Å². The molecule has 0 radical (unpaired) electrons. The maximum atomic E-state index is 12.2. The maximum Gasteiger partial charge on any atom is 0.273 e. The fraction of sp³-hybridized carbons (Fsp3) is 0.692. The van der Waals surface area contributed by atoms with E-state index in [-0.39, 0.29) is 5.09 Å². The molecule has 5 nitrogen and oxygen atoms in total. The molecule has 1 unspecified atom stereocenters. The zero-order chi connectivity index (χ0) is 15.1. The molecule has 0 saturated carbocycles. The Hall–Kier alpha value is -0.150. The van der Waals surface area contributed by atoms with E-state index in [1.54, 1.807) is 6.07 Å². The quantitative estimate of drug-likeness (QED) is 0.698. The van der Waals surface area contributed by atoms with Gasteiger partial charge < -0.3 is 9.73 Å². The molecule has 21 heavy (non-hydrogen) atoms. The fourth-order valence-corrected chi connectivity index (χ4v) is 5.66. The molecule has 0 bridgehead atoms. The third-order valence-corrected chi connectivity index (χ3v) is 7.15. The summed E-state index contributed by atoms with van der Waals surface area (Å²) < 4.78 is 32.4. The Morgan fingerprint density at radius 1 is 1.38 bits per heavy atom. The molecule has 8 heteroatoms. The molecule has 1 fully saturated rings. The molecule has 1 aliphatic heterocycles. The van der Waals surface area contributed by atoms with Crippen molar-refractivity contribution in [1.29, 1.82) is 0 Å². The standard InChI is InChI=1S/C13H22N2O3S3/c1-2-5-14-8-11-3-4-13(18-11)21(16,17)15-9-12-10-19-6-7-20-12/h3-4,12,14-15H,2,5-10H2,1H3. The van der Waals surface area contributed by atoms with Crippen LogP contribution in [0.1, 0.15) is 19.1 Å². The number of thioether (sulfide) groups is 2. The van der Waals surface area contributed by atoms with Crippen LogP contribution in [0, 0.1) is 0 Å². The van der Waals surface area contributed by atoms with Gasteiger partial charge in [0.15, 0.2) is 0 Å². The second-order valence-electron chi connectivity index (χ2n) is 4.82. The Morgan fingerprint density at radius 2 is 2.24 bits per heavy atom. The molecule has 1 aromatic rings. The molecule has 1 aliphatic rings. The first-order chi connectivity index (χ1) is 10.1. The average molecular weight is 351 g/mol. The van der Waals surface area contributed by atoms with Gasteiger partial charge in [0.2, 0.25) is 5.09 Å². The van der Waals surface area contributed by atoms with Crippen LogP contribution in [0.15, 0.2) is 21.6 Å². The summed E-state index contributed by atoms with van der Waals surface area (Å²) in [6, 6.07) is 3.23. The van der Waals surface area contributed by atoms with Crippen molar-refractivity contribution in [3.8, 4) is 0 Å². The first-order valence-electron chi connectivity index (χ1n) is 7.10. The summed E-state index contributed by atoms with van der Waals surface area (Å²) in [5.41, 5.74) is 0. The van der Waals surface area contributed by atoms with E-state index in [4.69, 9.17) is 4.42 Å². The second kappa shape index (κ2) is 8.47. The highest BCUT2D eigenvalue weighted by molar-refractivity contribution is 8.06. The van der Waals surface area contributed by atoms with Crippen molar-refractivity contribution in [3.63, 3.8) is 0 Å². The van der Waals surface area contributed by atoms with Gasteiger partial charge in [0.25, 0.3) is 10.0 Å². The third kappa shape index (κ3) is 5.52. The van der Waals surface area contributed by atoms with E-state index in [1.165, 1.54) is 6.07 Å². The van der Waals surface area contributed by atoms with E-state index < -0.39 is 10.0 Å². The molecular weight excluding hydrogens is 328 g/mol. The predicted octanol–water partition coefficient (Wildman–Crippen LogP) is 1.91. The lowest BCUT2D eigenvalue weighted by atomic mass is 10.4. The molecule has 1 saturated heterocycles. The van der Waals surface area contributed by atoms with Gasteiger partial charge in [0.1, 0.15) is 5.76 Å². The van der Waals surface area contributed by atoms with Crippen LogP contribution in [0.2, 0.25) is 0 Å². The highest BCUT2D eigenvalue weighted by atomic mass is 32.2. The number of hydrogen-bond acceptors (Lipinski definition) is 6. The lowest BCUT2D eigenvalue weighted by Gasteiger charge is -2.20. The molecule has 1 atom stereocenters. The second-order valence-corrected chi connectivity index (χ2v) is 9.07. The number of nitrogens with one attached hydrogen (secondary N) is 2. The Morgan fingerprint density at radius 3 is 2.95 bits per heavy atom. The van der Waals surface area contributed by atoms with Crippen LogP contribution >= 0.6 is 23.5 Å². The number of furan rings is 1. The van der Waals surface area contributed by atoms with Gasteiger partial charge in [-0.15, -0.1) is 0 Å². The van der Waals surface area contributed by atoms with E-state index in [1.807, 2.05) is 23.5 Å². The van der Waals surface area contributed by atoms with Crippen LogP contribution in [-0.2, 0) is 16.6 Å². The van der Waals surface area contributed by atoms with Crippen LogP contribution in [0.4, 0.5) is 0 Å². The Bertz CT molecular complexity index is 525. The molecule has 0 aromatic carbocycles. The first kappa shape index (κ1) is 17.2. The van der Waals surface area contributed by atoms with Crippen molar-refractivity contribution in [2.75, 3.05) is 30.3 Å². The van der Waals surface area contributed by atoms with Gasteiger partial charge in [-0.25, -0.2) is 13.1 Å². The van der Waals surface area contributed by atoms with E-state index >= 15 is 0 Å². The highest BCUT2D eigenvalue weighted by Gasteiger charge is 2.22. The molecule has 0 spiro atoms. The van der Waals surface area contributed by atoms with Gasteiger partial charge in [-0.2, -0.15) is 23.5 Å². The molecular formula is C13H22N2O3S3. The molecule has 120 valence electrons. The van der Waals surface area contributed by atoms with E-state index in [2.05, 4.69) is 17.0 Å². The summed E-state index contributed by atoms with van der Waals surface area (Å²) in [5.74, 6) is 3.88. The summed E-state index contributed by atoms with van der Waals surface area (Å²) in [5, 5.41) is 3.54. The Labute approximate surface area is 135 Å². The van der Waals surface area contributed by atoms with Gasteiger partial charge in [-0.3, -0.25) is 0 Å². The van der Waals surface area contributed by atoms with Crippen molar-refractivity contribution >= 4 is 33.5 Å². The third-order valence-electron chi connectivity index (χ3n) is 3.01. The van der Waals surface area contributed by atoms with Crippen LogP contribution in [0.5, 0.6) is 0 Å². The van der Waals surface area contributed by atoms with Gasteiger partial charge in [0.05, 0.1) is 6.54 Å². The van der Waals surface area contributed by atoms with Gasteiger partial charge in [0, 0.05) is 29.1 Å². The van der Waals surface area contributed by atoms with Crippen molar-refractivity contribution in [1.82, 2.24) is 10.0 Å². The van der Waals surface area contributed by atoms with E-state index in [0.29, 0.717) is 24.1 Å². The molecule has 2 heterocycles. The summed E-state index contributed by atoms with van der Waals surface area (Å²) in [4.78, 5) is 0. The minimum Gasteiger partial charge on any atom is -0.447 e. The Kier molecular flexibility index (Phi) is 6.94. The Balaban J connectivity index is 1.86. The summed E-state index contributed by atoms with van der Waals surface area (Å²) in [7, 11) is -3.54. The zero-order valence-electron chi connectivity index (χ0n) is 12.1. The molecule has 2 rings (SSSR count). The summed E-state index contributed by atoms with van der Waals surface area (Å²) in [6.45, 7) is 3.98. The highest BCUT2D eigenvalue weighted by Crippen LogP contribution is 2.24. The minimum absolute atomic E-state index is 0.00395. The van der Waals surface area contributed by atoms with Crippen LogP contribution in [-0.4, -0.2) is 44.0 Å². The monoisotopic (exact) mass is 350 g/mol. The van der Waals surface area contributed by atoms with Gasteiger partial charge >= 0.3 is 0 Å². The van der Waals surface area contributed by atoms with Gasteiger partial charge in [-0.05, 0) is 25.1 Å². The van der Waals surface area contributed by atoms with E-state index in [9.17, 15) is 8.42 Å². The molecule has 1 aromatic heterocycles. The molecule has 2 N–H and O–H groups in total. The largest absolute Gasteiger partial charge is 0.447 e. The van der Waals surface area contributed by atoms with Crippen molar-refractivity contribution < 1.29 is 12.8 Å². The van der Waals surface area contributed by atoms with Crippen LogP contribution < -0.4 is 10.0 Å². The van der Waals surface area contributed by atoms with Crippen molar-refractivity contribution in [2.45, 2.75) is 30.2 Å². The van der Waals surface area contributed by atoms with Crippen molar-refractivity contribution in [2.24, 2.45) is 0 Å². The summed E-state index contributed by atoms with van der Waals surface area (Å²) in [6.07, 6.45) is 1.03. The first-order valence-corrected chi connectivity index (χ1v) is 10.8. The minimum atomic E-state index is -3.54. The summed E-state index contributed by atoms with van der Waals surface area (Å²) >= 11 is 3.71. The topological polar surface area (TPSA) is 71.3 Å². The lowest BCUT2D eigenvalue weighted by Crippen LogP contribution is -2.33. The van der Waals surface area contributed by atoms with Crippen LogP contribution in [0.3, 0.4) is 0 Å². The normalized spacial score (nSPS) is 19.8. The number of rotatable bonds is 8. The number of sulfonamides is 1. The SMILES string of the molecule is CCCNCc1ccc(S(=O)(=O)NCC2CSCCS2)o1. The molecule has 0 amide bonds. The lowest BCUT2D eigenvalue weighted by molar-refractivity contribution is 0.400. The zero-order valence-corrected chi connectivity index (χ0v) is 14.6.